The summed E-state index contributed by atoms with van der Waals surface area (Å²) >= 11 is 0. The molecule has 1 aliphatic carbocycles. The van der Waals surface area contributed by atoms with E-state index in [1.165, 1.54) is 24.6 Å². The number of hydrogen-bond donors (Lipinski definition) is 1. The fourth-order valence-electron chi connectivity index (χ4n) is 1.86. The SMILES string of the molecule is O=C(O)Cc1cc(F)ccc1OCC1CCC1. The molecule has 1 saturated carbocycles. The lowest BCUT2D eigenvalue weighted by Gasteiger charge is -2.25. The number of halogens is 1. The van der Waals surface area contributed by atoms with E-state index in [1.807, 2.05) is 0 Å². The van der Waals surface area contributed by atoms with Crippen molar-refractivity contribution in [1.82, 2.24) is 0 Å². The third-order valence-corrected chi connectivity index (χ3v) is 3.06. The minimum absolute atomic E-state index is 0.211. The molecule has 1 aromatic rings. The maximum Gasteiger partial charge on any atom is 0.307 e. The Kier molecular flexibility index (Phi) is 3.61. The van der Waals surface area contributed by atoms with Crippen LogP contribution in [0.2, 0.25) is 0 Å². The second-order valence-corrected chi connectivity index (χ2v) is 4.43. The van der Waals surface area contributed by atoms with Gasteiger partial charge in [0.05, 0.1) is 13.0 Å². The van der Waals surface area contributed by atoms with Crippen LogP contribution in [0.25, 0.3) is 0 Å². The third kappa shape index (κ3) is 3.19. The fourth-order valence-corrected chi connectivity index (χ4v) is 1.86. The summed E-state index contributed by atoms with van der Waals surface area (Å²) in [5.41, 5.74) is 0.400. The van der Waals surface area contributed by atoms with E-state index < -0.39 is 11.8 Å². The first kappa shape index (κ1) is 11.9. The molecule has 92 valence electrons. The van der Waals surface area contributed by atoms with Crippen molar-refractivity contribution >= 4 is 5.97 Å². The molecule has 0 aromatic heterocycles. The number of aliphatic carboxylic acids is 1. The molecule has 0 saturated heterocycles. The Balaban J connectivity index is 2.04. The fraction of sp³-hybridized carbons (Fsp3) is 0.462. The zero-order chi connectivity index (χ0) is 12.3. The molecule has 0 aliphatic heterocycles. The molecule has 0 unspecified atom stereocenters. The highest BCUT2D eigenvalue weighted by Gasteiger charge is 2.19. The molecule has 3 nitrogen and oxygen atoms in total. The highest BCUT2D eigenvalue weighted by atomic mass is 19.1. The summed E-state index contributed by atoms with van der Waals surface area (Å²) in [6.07, 6.45) is 3.35. The van der Waals surface area contributed by atoms with Crippen LogP contribution in [0.15, 0.2) is 18.2 Å². The van der Waals surface area contributed by atoms with Crippen molar-refractivity contribution in [2.24, 2.45) is 5.92 Å². The van der Waals surface area contributed by atoms with E-state index in [4.69, 9.17) is 9.84 Å². The molecule has 0 heterocycles. The van der Waals surface area contributed by atoms with E-state index in [-0.39, 0.29) is 6.42 Å². The van der Waals surface area contributed by atoms with Gasteiger partial charge in [-0.15, -0.1) is 0 Å². The first-order valence-corrected chi connectivity index (χ1v) is 5.78. The number of carboxylic acids is 1. The molecule has 17 heavy (non-hydrogen) atoms. The van der Waals surface area contributed by atoms with Crippen molar-refractivity contribution in [1.29, 1.82) is 0 Å². The number of benzene rings is 1. The van der Waals surface area contributed by atoms with Crippen molar-refractivity contribution in [3.05, 3.63) is 29.6 Å². The number of carboxylic acid groups (broad SMARTS) is 1. The van der Waals surface area contributed by atoms with Gasteiger partial charge in [0.15, 0.2) is 0 Å². The van der Waals surface area contributed by atoms with Crippen molar-refractivity contribution < 1.29 is 19.0 Å². The summed E-state index contributed by atoms with van der Waals surface area (Å²) < 4.78 is 18.6. The van der Waals surface area contributed by atoms with Crippen LogP contribution in [-0.4, -0.2) is 17.7 Å². The minimum Gasteiger partial charge on any atom is -0.493 e. The minimum atomic E-state index is -0.982. The summed E-state index contributed by atoms with van der Waals surface area (Å²) in [6, 6.07) is 4.03. The van der Waals surface area contributed by atoms with E-state index >= 15 is 0 Å². The zero-order valence-electron chi connectivity index (χ0n) is 9.49. The van der Waals surface area contributed by atoms with Gasteiger partial charge in [-0.3, -0.25) is 4.79 Å². The molecule has 0 amide bonds. The zero-order valence-corrected chi connectivity index (χ0v) is 9.49. The van der Waals surface area contributed by atoms with Gasteiger partial charge in [-0.05, 0) is 37.0 Å². The van der Waals surface area contributed by atoms with Crippen molar-refractivity contribution in [2.75, 3.05) is 6.61 Å². The molecule has 0 atom stereocenters. The number of carbonyl (C=O) groups is 1. The quantitative estimate of drug-likeness (QED) is 0.857. The Morgan fingerprint density at radius 2 is 2.24 bits per heavy atom. The van der Waals surface area contributed by atoms with Crippen molar-refractivity contribution in [3.63, 3.8) is 0 Å². The highest BCUT2D eigenvalue weighted by molar-refractivity contribution is 5.71. The predicted octanol–water partition coefficient (Wildman–Crippen LogP) is 2.63. The topological polar surface area (TPSA) is 46.5 Å². The largest absolute Gasteiger partial charge is 0.493 e. The second kappa shape index (κ2) is 5.17. The number of hydrogen-bond acceptors (Lipinski definition) is 2. The van der Waals surface area contributed by atoms with E-state index in [9.17, 15) is 9.18 Å². The van der Waals surface area contributed by atoms with Crippen LogP contribution in [-0.2, 0) is 11.2 Å². The molecule has 2 rings (SSSR count). The van der Waals surface area contributed by atoms with Crippen LogP contribution in [0.5, 0.6) is 5.75 Å². The Bertz CT molecular complexity index is 413. The van der Waals surface area contributed by atoms with Gasteiger partial charge >= 0.3 is 5.97 Å². The van der Waals surface area contributed by atoms with Crippen LogP contribution >= 0.6 is 0 Å². The highest BCUT2D eigenvalue weighted by Crippen LogP contribution is 2.28. The second-order valence-electron chi connectivity index (χ2n) is 4.43. The van der Waals surface area contributed by atoms with E-state index in [0.717, 1.165) is 12.8 Å². The van der Waals surface area contributed by atoms with E-state index in [2.05, 4.69) is 0 Å². The molecule has 4 heteroatoms. The Hall–Kier alpha value is -1.58. The monoisotopic (exact) mass is 238 g/mol. The summed E-state index contributed by atoms with van der Waals surface area (Å²) in [7, 11) is 0. The van der Waals surface area contributed by atoms with Gasteiger partial charge in [-0.25, -0.2) is 4.39 Å². The summed E-state index contributed by atoms with van der Waals surface area (Å²) in [6.45, 7) is 0.595. The predicted molar refractivity (Wildman–Crippen MR) is 60.6 cm³/mol. The molecule has 1 aliphatic rings. The first-order valence-electron chi connectivity index (χ1n) is 5.78. The lowest BCUT2D eigenvalue weighted by molar-refractivity contribution is -0.136. The molecule has 1 aromatic carbocycles. The molecular formula is C13H15FO3. The van der Waals surface area contributed by atoms with Gasteiger partial charge in [0.2, 0.25) is 0 Å². The van der Waals surface area contributed by atoms with Crippen LogP contribution in [0, 0.1) is 11.7 Å². The molecule has 1 fully saturated rings. The van der Waals surface area contributed by atoms with Gasteiger partial charge in [-0.2, -0.15) is 0 Å². The smallest absolute Gasteiger partial charge is 0.307 e. The first-order chi connectivity index (χ1) is 8.15. The molecule has 0 bridgehead atoms. The lowest BCUT2D eigenvalue weighted by Crippen LogP contribution is -2.19. The van der Waals surface area contributed by atoms with E-state index in [0.29, 0.717) is 23.8 Å². The van der Waals surface area contributed by atoms with Crippen LogP contribution in [0.4, 0.5) is 4.39 Å². The van der Waals surface area contributed by atoms with Crippen LogP contribution in [0.1, 0.15) is 24.8 Å². The normalized spacial score (nSPS) is 15.4. The van der Waals surface area contributed by atoms with Crippen molar-refractivity contribution in [2.45, 2.75) is 25.7 Å². The standard InChI is InChI=1S/C13H15FO3/c14-11-4-5-12(10(6-11)7-13(15)16)17-8-9-2-1-3-9/h4-6,9H,1-3,7-8H2,(H,15,16). The number of rotatable bonds is 5. The molecule has 0 spiro atoms. The average Bonchev–Trinajstić information content (AvgIpc) is 2.17. The summed E-state index contributed by atoms with van der Waals surface area (Å²) in [5, 5.41) is 8.74. The van der Waals surface area contributed by atoms with Gasteiger partial charge in [0.1, 0.15) is 11.6 Å². The lowest BCUT2D eigenvalue weighted by atomic mass is 9.86. The maximum absolute atomic E-state index is 13.0. The van der Waals surface area contributed by atoms with E-state index in [1.54, 1.807) is 0 Å². The summed E-state index contributed by atoms with van der Waals surface area (Å²) in [5.74, 6) is -0.361. The molecule has 0 radical (unpaired) electrons. The van der Waals surface area contributed by atoms with Crippen LogP contribution < -0.4 is 4.74 Å². The van der Waals surface area contributed by atoms with Gasteiger partial charge in [0.25, 0.3) is 0 Å². The maximum atomic E-state index is 13.0. The Morgan fingerprint density at radius 3 is 2.82 bits per heavy atom. The summed E-state index contributed by atoms with van der Waals surface area (Å²) in [4.78, 5) is 10.7. The third-order valence-electron chi connectivity index (χ3n) is 3.06. The molecule has 1 N–H and O–H groups in total. The Morgan fingerprint density at radius 1 is 1.47 bits per heavy atom. The van der Waals surface area contributed by atoms with Crippen molar-refractivity contribution in [3.8, 4) is 5.75 Å². The number of ether oxygens (including phenoxy) is 1. The molecular weight excluding hydrogens is 223 g/mol. The van der Waals surface area contributed by atoms with Gasteiger partial charge < -0.3 is 9.84 Å². The van der Waals surface area contributed by atoms with Gasteiger partial charge in [-0.1, -0.05) is 6.42 Å². The Labute approximate surface area is 99.2 Å². The average molecular weight is 238 g/mol. The van der Waals surface area contributed by atoms with Gasteiger partial charge in [0, 0.05) is 5.56 Å². The van der Waals surface area contributed by atoms with Crippen LogP contribution in [0.3, 0.4) is 0 Å².